The number of aliphatic hydroxyl groups excluding tert-OH is 2. The van der Waals surface area contributed by atoms with Gasteiger partial charge in [0.1, 0.15) is 0 Å². The summed E-state index contributed by atoms with van der Waals surface area (Å²) >= 11 is 0. The van der Waals surface area contributed by atoms with Gasteiger partial charge in [0.25, 0.3) is 0 Å². The molecule has 0 spiro atoms. The highest BCUT2D eigenvalue weighted by Gasteiger charge is 2.51. The molecule has 7 atom stereocenters. The Morgan fingerprint density at radius 2 is 1.74 bits per heavy atom. The first-order valence-electron chi connectivity index (χ1n) is 12.9. The maximum atomic E-state index is 10.2. The van der Waals surface area contributed by atoms with Gasteiger partial charge in [-0.25, -0.2) is 0 Å². The summed E-state index contributed by atoms with van der Waals surface area (Å²) in [6.45, 7) is 18.5. The lowest BCUT2D eigenvalue weighted by atomic mass is 9.59. The molecule has 0 saturated heterocycles. The summed E-state index contributed by atoms with van der Waals surface area (Å²) in [5.41, 5.74) is 4.20. The highest BCUT2D eigenvalue weighted by Crippen LogP contribution is 2.60. The Balaban J connectivity index is 1.71. The standard InChI is InChI=1S/C29H48O2/c1-19(14-16-28(4,5)6)20(2)24-12-13-25-23(9-8-15-29(24,25)7)11-10-22-17-26(30)21(3)27(31)18-22/h10-11,19-20,24-27,30-31H,3,8-9,12-18H2,1-2,4-7H3. The van der Waals surface area contributed by atoms with Crippen LogP contribution in [0.15, 0.2) is 35.5 Å². The van der Waals surface area contributed by atoms with E-state index in [0.717, 1.165) is 23.3 Å². The zero-order chi connectivity index (χ0) is 23.0. The molecule has 7 unspecified atom stereocenters. The molecular formula is C29H48O2. The largest absolute Gasteiger partial charge is 0.388 e. The van der Waals surface area contributed by atoms with Gasteiger partial charge < -0.3 is 10.2 Å². The van der Waals surface area contributed by atoms with Crippen molar-refractivity contribution in [2.45, 2.75) is 112 Å². The molecule has 0 aromatic carbocycles. The van der Waals surface area contributed by atoms with E-state index < -0.39 is 12.2 Å². The molecule has 0 aliphatic heterocycles. The summed E-state index contributed by atoms with van der Waals surface area (Å²) in [6, 6.07) is 0. The Hall–Kier alpha value is -0.860. The average molecular weight is 429 g/mol. The van der Waals surface area contributed by atoms with Crippen LogP contribution in [0.4, 0.5) is 0 Å². The monoisotopic (exact) mass is 428 g/mol. The first-order valence-corrected chi connectivity index (χ1v) is 12.9. The van der Waals surface area contributed by atoms with Crippen LogP contribution in [0.2, 0.25) is 0 Å². The number of allylic oxidation sites excluding steroid dienone is 3. The second kappa shape index (κ2) is 9.56. The molecule has 0 bridgehead atoms. The number of fused-ring (bicyclic) bond motifs is 1. The van der Waals surface area contributed by atoms with Crippen molar-refractivity contribution in [2.75, 3.05) is 0 Å². The number of hydrogen-bond donors (Lipinski definition) is 2. The van der Waals surface area contributed by atoms with E-state index in [1.165, 1.54) is 44.9 Å². The van der Waals surface area contributed by atoms with Crippen LogP contribution in [0, 0.1) is 34.5 Å². The topological polar surface area (TPSA) is 40.5 Å². The van der Waals surface area contributed by atoms with Gasteiger partial charge in [0.2, 0.25) is 0 Å². The van der Waals surface area contributed by atoms with E-state index in [9.17, 15) is 10.2 Å². The SMILES string of the molecule is C=C1C(O)CC(=CC=C2CCCC3(C)C2CCC3C(C)C(C)CCC(C)(C)C)CC1O. The molecule has 31 heavy (non-hydrogen) atoms. The number of hydrogen-bond acceptors (Lipinski definition) is 2. The van der Waals surface area contributed by atoms with E-state index in [0.29, 0.717) is 35.2 Å². The van der Waals surface area contributed by atoms with Gasteiger partial charge in [-0.05, 0) is 97.9 Å². The predicted octanol–water partition coefficient (Wildman–Crippen LogP) is 7.23. The Bertz CT molecular complexity index is 693. The summed E-state index contributed by atoms with van der Waals surface area (Å²) in [5.74, 6) is 3.10. The van der Waals surface area contributed by atoms with Crippen LogP contribution in [0.3, 0.4) is 0 Å². The van der Waals surface area contributed by atoms with Gasteiger partial charge in [-0.2, -0.15) is 0 Å². The number of aliphatic hydroxyl groups is 2. The Morgan fingerprint density at radius 3 is 2.35 bits per heavy atom. The van der Waals surface area contributed by atoms with Crippen molar-refractivity contribution in [2.24, 2.45) is 34.5 Å². The van der Waals surface area contributed by atoms with Crippen molar-refractivity contribution in [3.8, 4) is 0 Å². The van der Waals surface area contributed by atoms with Crippen LogP contribution in [0.1, 0.15) is 99.3 Å². The minimum Gasteiger partial charge on any atom is -0.388 e. The molecule has 3 fully saturated rings. The van der Waals surface area contributed by atoms with Crippen molar-refractivity contribution < 1.29 is 10.2 Å². The minimum absolute atomic E-state index is 0.428. The zero-order valence-corrected chi connectivity index (χ0v) is 21.1. The first-order chi connectivity index (χ1) is 14.4. The van der Waals surface area contributed by atoms with Crippen LogP contribution < -0.4 is 0 Å². The van der Waals surface area contributed by atoms with Gasteiger partial charge in [-0.3, -0.25) is 0 Å². The lowest BCUT2D eigenvalue weighted by Gasteiger charge is -2.45. The molecule has 3 rings (SSSR count). The third-order valence-corrected chi connectivity index (χ3v) is 9.22. The smallest absolute Gasteiger partial charge is 0.0809 e. The summed E-state index contributed by atoms with van der Waals surface area (Å²) in [6.07, 6.45) is 13.8. The summed E-state index contributed by atoms with van der Waals surface area (Å²) in [7, 11) is 0. The molecule has 3 aliphatic rings. The lowest BCUT2D eigenvalue weighted by Crippen LogP contribution is -2.37. The van der Waals surface area contributed by atoms with Crippen LogP contribution in [0.5, 0.6) is 0 Å². The Morgan fingerprint density at radius 1 is 1.10 bits per heavy atom. The molecule has 176 valence electrons. The van der Waals surface area contributed by atoms with Gasteiger partial charge in [-0.1, -0.05) is 71.4 Å². The van der Waals surface area contributed by atoms with Crippen molar-refractivity contribution in [1.82, 2.24) is 0 Å². The highest BCUT2D eigenvalue weighted by atomic mass is 16.3. The predicted molar refractivity (Wildman–Crippen MR) is 132 cm³/mol. The summed E-state index contributed by atoms with van der Waals surface area (Å²) in [4.78, 5) is 0. The second-order valence-corrected chi connectivity index (χ2v) is 12.6. The molecule has 2 N–H and O–H groups in total. The molecule has 2 heteroatoms. The average Bonchev–Trinajstić information content (AvgIpc) is 3.04. The second-order valence-electron chi connectivity index (χ2n) is 12.6. The van der Waals surface area contributed by atoms with Crippen molar-refractivity contribution in [1.29, 1.82) is 0 Å². The van der Waals surface area contributed by atoms with E-state index in [2.05, 4.69) is 60.3 Å². The van der Waals surface area contributed by atoms with Crippen LogP contribution >= 0.6 is 0 Å². The molecule has 3 aliphatic carbocycles. The van der Waals surface area contributed by atoms with E-state index in [1.54, 1.807) is 5.57 Å². The van der Waals surface area contributed by atoms with Gasteiger partial charge in [0, 0.05) is 0 Å². The van der Waals surface area contributed by atoms with E-state index in [-0.39, 0.29) is 0 Å². The van der Waals surface area contributed by atoms with Crippen LogP contribution in [0.25, 0.3) is 0 Å². The van der Waals surface area contributed by atoms with E-state index in [4.69, 9.17) is 0 Å². The summed E-state index contributed by atoms with van der Waals surface area (Å²) < 4.78 is 0. The third kappa shape index (κ3) is 5.56. The molecule has 3 saturated carbocycles. The molecule has 0 heterocycles. The highest BCUT2D eigenvalue weighted by molar-refractivity contribution is 5.29. The maximum Gasteiger partial charge on any atom is 0.0809 e. The van der Waals surface area contributed by atoms with Gasteiger partial charge in [-0.15, -0.1) is 0 Å². The van der Waals surface area contributed by atoms with Crippen LogP contribution in [-0.2, 0) is 0 Å². The quantitative estimate of drug-likeness (QED) is 0.454. The molecule has 2 nitrogen and oxygen atoms in total. The summed E-state index contributed by atoms with van der Waals surface area (Å²) in [5, 5.41) is 20.3. The minimum atomic E-state index is -0.601. The maximum absolute atomic E-state index is 10.2. The zero-order valence-electron chi connectivity index (χ0n) is 21.1. The fourth-order valence-corrected chi connectivity index (χ4v) is 6.89. The first kappa shape index (κ1) is 24.8. The molecule has 0 aromatic rings. The Kier molecular flexibility index (Phi) is 7.64. The Labute approximate surface area is 191 Å². The normalized spacial score (nSPS) is 37.6. The van der Waals surface area contributed by atoms with E-state index in [1.807, 2.05) is 0 Å². The fourth-order valence-electron chi connectivity index (χ4n) is 6.89. The molecule has 0 radical (unpaired) electrons. The lowest BCUT2D eigenvalue weighted by molar-refractivity contribution is 0.0714. The van der Waals surface area contributed by atoms with Gasteiger partial charge in [0.15, 0.2) is 0 Å². The van der Waals surface area contributed by atoms with Crippen molar-refractivity contribution in [3.63, 3.8) is 0 Å². The van der Waals surface area contributed by atoms with Crippen molar-refractivity contribution >= 4 is 0 Å². The molecule has 0 aromatic heterocycles. The molecular weight excluding hydrogens is 380 g/mol. The van der Waals surface area contributed by atoms with Crippen molar-refractivity contribution in [3.05, 3.63) is 35.5 Å². The van der Waals surface area contributed by atoms with Gasteiger partial charge >= 0.3 is 0 Å². The van der Waals surface area contributed by atoms with E-state index >= 15 is 0 Å². The third-order valence-electron chi connectivity index (χ3n) is 9.22. The number of rotatable bonds is 5. The molecule has 0 amide bonds. The fraction of sp³-hybridized carbons (Fsp3) is 0.793. The van der Waals surface area contributed by atoms with Crippen LogP contribution in [-0.4, -0.2) is 22.4 Å². The van der Waals surface area contributed by atoms with Gasteiger partial charge in [0.05, 0.1) is 12.2 Å².